The van der Waals surface area contributed by atoms with Gasteiger partial charge in [0.1, 0.15) is 0 Å². The second-order valence-corrected chi connectivity index (χ2v) is 7.68. The van der Waals surface area contributed by atoms with Crippen LogP contribution in [-0.2, 0) is 27.7 Å². The smallest absolute Gasteiger partial charge is 0.317 e. The summed E-state index contributed by atoms with van der Waals surface area (Å²) < 4.78 is 25.1. The Hall–Kier alpha value is -1.41. The van der Waals surface area contributed by atoms with Gasteiger partial charge in [-0.05, 0) is 26.3 Å². The van der Waals surface area contributed by atoms with E-state index in [9.17, 15) is 13.2 Å². The van der Waals surface area contributed by atoms with E-state index in [0.29, 0.717) is 19.5 Å². The summed E-state index contributed by atoms with van der Waals surface area (Å²) >= 11 is 0. The molecule has 2 rings (SSSR count). The molecule has 7 nitrogen and oxygen atoms in total. The number of carboxylic acids is 1. The van der Waals surface area contributed by atoms with E-state index in [1.54, 1.807) is 4.90 Å². The summed E-state index contributed by atoms with van der Waals surface area (Å²) in [5.74, 6) is -0.766. The summed E-state index contributed by atoms with van der Waals surface area (Å²) in [6, 6.07) is 1.69. The van der Waals surface area contributed by atoms with Crippen LogP contribution in [0.3, 0.4) is 0 Å². The molecule has 1 aromatic heterocycles. The number of rotatable bonds is 6. The van der Waals surface area contributed by atoms with Gasteiger partial charge in [0.25, 0.3) is 0 Å². The molecule has 1 fully saturated rings. The maximum Gasteiger partial charge on any atom is 0.317 e. The van der Waals surface area contributed by atoms with Crippen molar-refractivity contribution in [1.82, 2.24) is 14.7 Å². The van der Waals surface area contributed by atoms with Crippen LogP contribution >= 0.6 is 0 Å². The van der Waals surface area contributed by atoms with E-state index in [4.69, 9.17) is 5.11 Å². The SMILES string of the molecule is CCn1nc(C)cc1CN(CC(=O)O)C1CCS(=O)(=O)C1. The van der Waals surface area contributed by atoms with Crippen molar-refractivity contribution in [3.05, 3.63) is 17.5 Å². The maximum atomic E-state index is 11.6. The molecule has 1 aliphatic heterocycles. The highest BCUT2D eigenvalue weighted by atomic mass is 32.2. The van der Waals surface area contributed by atoms with Crippen molar-refractivity contribution in [3.8, 4) is 0 Å². The van der Waals surface area contributed by atoms with E-state index in [1.807, 2.05) is 24.6 Å². The predicted molar refractivity (Wildman–Crippen MR) is 77.7 cm³/mol. The Morgan fingerprint density at radius 2 is 2.29 bits per heavy atom. The standard InChI is InChI=1S/C13H21N3O4S/c1-3-16-12(6-10(2)14-16)7-15(8-13(17)18)11-4-5-21(19,20)9-11/h6,11H,3-5,7-9H2,1-2H3,(H,17,18). The summed E-state index contributed by atoms with van der Waals surface area (Å²) in [4.78, 5) is 12.8. The van der Waals surface area contributed by atoms with Crippen molar-refractivity contribution < 1.29 is 18.3 Å². The first-order chi connectivity index (χ1) is 9.80. The third-order valence-corrected chi connectivity index (χ3v) is 5.46. The van der Waals surface area contributed by atoms with Gasteiger partial charge in [0.05, 0.1) is 29.4 Å². The number of aromatic nitrogens is 2. The van der Waals surface area contributed by atoms with Crippen molar-refractivity contribution in [2.24, 2.45) is 0 Å². The van der Waals surface area contributed by atoms with Crippen molar-refractivity contribution in [1.29, 1.82) is 0 Å². The first-order valence-corrected chi connectivity index (χ1v) is 8.82. The third-order valence-electron chi connectivity index (χ3n) is 3.71. The van der Waals surface area contributed by atoms with Gasteiger partial charge in [-0.2, -0.15) is 5.10 Å². The predicted octanol–water partition coefficient (Wildman–Crippen LogP) is 0.285. The van der Waals surface area contributed by atoms with Gasteiger partial charge in [0.2, 0.25) is 0 Å². The molecule has 2 heterocycles. The molecule has 1 atom stereocenters. The van der Waals surface area contributed by atoms with Crippen molar-refractivity contribution in [2.45, 2.75) is 39.4 Å². The number of nitrogens with zero attached hydrogens (tertiary/aromatic N) is 3. The van der Waals surface area contributed by atoms with E-state index in [2.05, 4.69) is 5.10 Å². The zero-order valence-electron chi connectivity index (χ0n) is 12.3. The first-order valence-electron chi connectivity index (χ1n) is 7.00. The molecule has 1 N–H and O–H groups in total. The van der Waals surface area contributed by atoms with Gasteiger partial charge in [-0.15, -0.1) is 0 Å². The van der Waals surface area contributed by atoms with Crippen molar-refractivity contribution in [3.63, 3.8) is 0 Å². The number of hydrogen-bond donors (Lipinski definition) is 1. The van der Waals surface area contributed by atoms with Crippen LogP contribution in [0.2, 0.25) is 0 Å². The Morgan fingerprint density at radius 3 is 2.81 bits per heavy atom. The minimum absolute atomic E-state index is 0.0412. The van der Waals surface area contributed by atoms with Gasteiger partial charge >= 0.3 is 5.97 Å². The molecule has 8 heteroatoms. The van der Waals surface area contributed by atoms with Gasteiger partial charge in [0, 0.05) is 19.1 Å². The Bertz CT molecular complexity index is 623. The lowest BCUT2D eigenvalue weighted by molar-refractivity contribution is -0.139. The Balaban J connectivity index is 2.18. The first kappa shape index (κ1) is 16.0. The summed E-state index contributed by atoms with van der Waals surface area (Å²) in [5, 5.41) is 13.4. The lowest BCUT2D eigenvalue weighted by Crippen LogP contribution is -2.39. The summed E-state index contributed by atoms with van der Waals surface area (Å²) in [5.41, 5.74) is 1.79. The third kappa shape index (κ3) is 4.04. The average molecular weight is 315 g/mol. The number of sulfone groups is 1. The topological polar surface area (TPSA) is 92.5 Å². The van der Waals surface area contributed by atoms with E-state index in [0.717, 1.165) is 11.4 Å². The molecule has 0 aromatic carbocycles. The molecule has 0 spiro atoms. The van der Waals surface area contributed by atoms with Gasteiger partial charge in [0.15, 0.2) is 9.84 Å². The van der Waals surface area contributed by atoms with E-state index < -0.39 is 15.8 Å². The number of aryl methyl sites for hydroxylation is 2. The lowest BCUT2D eigenvalue weighted by Gasteiger charge is -2.26. The van der Waals surface area contributed by atoms with Gasteiger partial charge in [-0.1, -0.05) is 0 Å². The highest BCUT2D eigenvalue weighted by Crippen LogP contribution is 2.20. The molecule has 1 aromatic rings. The van der Waals surface area contributed by atoms with Crippen LogP contribution in [0.5, 0.6) is 0 Å². The highest BCUT2D eigenvalue weighted by molar-refractivity contribution is 7.91. The molecule has 1 unspecified atom stereocenters. The fourth-order valence-electron chi connectivity index (χ4n) is 2.76. The number of carbonyl (C=O) groups is 1. The highest BCUT2D eigenvalue weighted by Gasteiger charge is 2.33. The molecule has 0 radical (unpaired) electrons. The molecule has 118 valence electrons. The monoisotopic (exact) mass is 315 g/mol. The molecule has 1 aliphatic rings. The molecule has 0 bridgehead atoms. The summed E-state index contributed by atoms with van der Waals surface area (Å²) in [6.45, 7) is 4.80. The number of hydrogen-bond acceptors (Lipinski definition) is 5. The molecule has 0 saturated carbocycles. The minimum atomic E-state index is -3.04. The molecular weight excluding hydrogens is 294 g/mol. The largest absolute Gasteiger partial charge is 0.480 e. The second kappa shape index (κ2) is 6.15. The van der Waals surface area contributed by atoms with Crippen molar-refractivity contribution >= 4 is 15.8 Å². The van der Waals surface area contributed by atoms with Gasteiger partial charge in [-0.3, -0.25) is 14.4 Å². The van der Waals surface area contributed by atoms with Crippen LogP contribution in [0.25, 0.3) is 0 Å². The van der Waals surface area contributed by atoms with E-state index >= 15 is 0 Å². The van der Waals surface area contributed by atoms with Crippen LogP contribution in [-0.4, -0.2) is 58.3 Å². The zero-order valence-corrected chi connectivity index (χ0v) is 13.1. The molecule has 21 heavy (non-hydrogen) atoms. The van der Waals surface area contributed by atoms with E-state index in [1.165, 1.54) is 0 Å². The average Bonchev–Trinajstić information content (AvgIpc) is 2.90. The Labute approximate surface area is 124 Å². The number of carboxylic acid groups (broad SMARTS) is 1. The second-order valence-electron chi connectivity index (χ2n) is 5.45. The summed E-state index contributed by atoms with van der Waals surface area (Å²) in [6.07, 6.45) is 0.495. The molecular formula is C13H21N3O4S. The molecule has 0 amide bonds. The Kier molecular flexibility index (Phi) is 4.67. The maximum absolute atomic E-state index is 11.6. The zero-order chi connectivity index (χ0) is 15.6. The van der Waals surface area contributed by atoms with Crippen LogP contribution in [0.15, 0.2) is 6.07 Å². The van der Waals surface area contributed by atoms with Gasteiger partial charge in [-0.25, -0.2) is 8.42 Å². The lowest BCUT2D eigenvalue weighted by atomic mass is 10.2. The normalized spacial score (nSPS) is 21.0. The van der Waals surface area contributed by atoms with Gasteiger partial charge < -0.3 is 5.11 Å². The minimum Gasteiger partial charge on any atom is -0.480 e. The molecule has 1 saturated heterocycles. The fourth-order valence-corrected chi connectivity index (χ4v) is 4.52. The van der Waals surface area contributed by atoms with Crippen LogP contribution in [0.4, 0.5) is 0 Å². The van der Waals surface area contributed by atoms with Crippen molar-refractivity contribution in [2.75, 3.05) is 18.1 Å². The summed E-state index contributed by atoms with van der Waals surface area (Å²) in [7, 11) is -3.04. The Morgan fingerprint density at radius 1 is 1.57 bits per heavy atom. The quantitative estimate of drug-likeness (QED) is 0.811. The molecule has 0 aliphatic carbocycles. The van der Waals surface area contributed by atoms with Crippen LogP contribution in [0, 0.1) is 6.92 Å². The van der Waals surface area contributed by atoms with Crippen LogP contribution < -0.4 is 0 Å². The fraction of sp³-hybridized carbons (Fsp3) is 0.692. The van der Waals surface area contributed by atoms with E-state index in [-0.39, 0.29) is 24.1 Å². The van der Waals surface area contributed by atoms with Crippen LogP contribution in [0.1, 0.15) is 24.7 Å². The number of aliphatic carboxylic acids is 1.